The molecular formula is C15H24N2O. The van der Waals surface area contributed by atoms with E-state index in [1.165, 1.54) is 0 Å². The minimum atomic E-state index is 0.0201. The van der Waals surface area contributed by atoms with Crippen molar-refractivity contribution < 1.29 is 4.79 Å². The van der Waals surface area contributed by atoms with E-state index in [0.29, 0.717) is 19.0 Å². The van der Waals surface area contributed by atoms with E-state index in [0.717, 1.165) is 29.5 Å². The molecule has 0 aromatic heterocycles. The van der Waals surface area contributed by atoms with Crippen LogP contribution in [0.1, 0.15) is 41.3 Å². The van der Waals surface area contributed by atoms with Gasteiger partial charge in [0.2, 0.25) is 0 Å². The third-order valence-electron chi connectivity index (χ3n) is 3.34. The number of rotatable bonds is 6. The van der Waals surface area contributed by atoms with Gasteiger partial charge in [0.1, 0.15) is 0 Å². The first kappa shape index (κ1) is 14.7. The molecule has 0 aliphatic heterocycles. The molecule has 3 nitrogen and oxygen atoms in total. The van der Waals surface area contributed by atoms with Crippen LogP contribution in [0.5, 0.6) is 0 Å². The Bertz CT molecular complexity index is 401. The highest BCUT2D eigenvalue weighted by Gasteiger charge is 2.11. The van der Waals surface area contributed by atoms with Crippen LogP contribution in [0.2, 0.25) is 0 Å². The molecule has 0 heterocycles. The van der Waals surface area contributed by atoms with Crippen molar-refractivity contribution >= 4 is 5.91 Å². The smallest absolute Gasteiger partial charge is 0.251 e. The zero-order valence-corrected chi connectivity index (χ0v) is 11.6. The van der Waals surface area contributed by atoms with Crippen molar-refractivity contribution in [2.75, 3.05) is 13.1 Å². The summed E-state index contributed by atoms with van der Waals surface area (Å²) in [5.74, 6) is 0.496. The number of aryl methyl sites for hydroxylation is 2. The molecule has 100 valence electrons. The topological polar surface area (TPSA) is 55.1 Å². The first-order chi connectivity index (χ1) is 8.58. The lowest BCUT2D eigenvalue weighted by molar-refractivity contribution is 0.0945. The van der Waals surface area contributed by atoms with Crippen molar-refractivity contribution in [3.63, 3.8) is 0 Å². The Kier molecular flexibility index (Phi) is 5.86. The predicted octanol–water partition coefficient (Wildman–Crippen LogP) is 2.41. The first-order valence-electron chi connectivity index (χ1n) is 6.64. The standard InChI is InChI=1S/C15H24N2O/c1-4-13(7-8-16)10-17-15(18)14-9-11(2)5-6-12(14)3/h5-6,9,13H,4,7-8,10,16H2,1-3H3,(H,17,18). The molecule has 3 N–H and O–H groups in total. The maximum absolute atomic E-state index is 12.1. The van der Waals surface area contributed by atoms with Gasteiger partial charge in [0.15, 0.2) is 0 Å². The summed E-state index contributed by atoms with van der Waals surface area (Å²) in [4.78, 5) is 12.1. The van der Waals surface area contributed by atoms with E-state index in [1.54, 1.807) is 0 Å². The summed E-state index contributed by atoms with van der Waals surface area (Å²) in [6, 6.07) is 5.95. The summed E-state index contributed by atoms with van der Waals surface area (Å²) in [5.41, 5.74) is 8.46. The second-order valence-corrected chi connectivity index (χ2v) is 4.88. The van der Waals surface area contributed by atoms with Crippen LogP contribution >= 0.6 is 0 Å². The summed E-state index contributed by atoms with van der Waals surface area (Å²) >= 11 is 0. The van der Waals surface area contributed by atoms with E-state index >= 15 is 0 Å². The van der Waals surface area contributed by atoms with E-state index in [4.69, 9.17) is 5.73 Å². The van der Waals surface area contributed by atoms with E-state index < -0.39 is 0 Å². The van der Waals surface area contributed by atoms with Gasteiger partial charge in [-0.05, 0) is 44.4 Å². The van der Waals surface area contributed by atoms with E-state index in [9.17, 15) is 4.79 Å². The number of carbonyl (C=O) groups excluding carboxylic acids is 1. The van der Waals surface area contributed by atoms with Crippen LogP contribution in [0.4, 0.5) is 0 Å². The van der Waals surface area contributed by atoms with Gasteiger partial charge in [-0.3, -0.25) is 4.79 Å². The molecular weight excluding hydrogens is 224 g/mol. The quantitative estimate of drug-likeness (QED) is 0.812. The van der Waals surface area contributed by atoms with Gasteiger partial charge in [-0.15, -0.1) is 0 Å². The number of nitrogens with one attached hydrogen (secondary N) is 1. The zero-order valence-electron chi connectivity index (χ0n) is 11.6. The average molecular weight is 248 g/mol. The number of carbonyl (C=O) groups is 1. The Hall–Kier alpha value is -1.35. The third kappa shape index (κ3) is 4.15. The van der Waals surface area contributed by atoms with Gasteiger partial charge in [-0.2, -0.15) is 0 Å². The third-order valence-corrected chi connectivity index (χ3v) is 3.34. The van der Waals surface area contributed by atoms with Gasteiger partial charge in [-0.25, -0.2) is 0 Å². The molecule has 0 aliphatic rings. The molecule has 0 saturated carbocycles. The number of amides is 1. The molecule has 0 aliphatic carbocycles. The molecule has 3 heteroatoms. The molecule has 0 fully saturated rings. The summed E-state index contributed by atoms with van der Waals surface area (Å²) in [6.07, 6.45) is 2.01. The van der Waals surface area contributed by atoms with Crippen molar-refractivity contribution in [2.24, 2.45) is 11.7 Å². The van der Waals surface area contributed by atoms with Crippen LogP contribution in [-0.2, 0) is 0 Å². The summed E-state index contributed by atoms with van der Waals surface area (Å²) in [5, 5.41) is 3.01. The summed E-state index contributed by atoms with van der Waals surface area (Å²) < 4.78 is 0. The Morgan fingerprint density at radius 2 is 2.11 bits per heavy atom. The second kappa shape index (κ2) is 7.17. The van der Waals surface area contributed by atoms with Crippen LogP contribution in [0.3, 0.4) is 0 Å². The molecule has 1 aromatic rings. The van der Waals surface area contributed by atoms with E-state index in [-0.39, 0.29) is 5.91 Å². The van der Waals surface area contributed by atoms with E-state index in [2.05, 4.69) is 12.2 Å². The molecule has 1 aromatic carbocycles. The molecule has 0 spiro atoms. The van der Waals surface area contributed by atoms with Gasteiger partial charge in [-0.1, -0.05) is 31.0 Å². The van der Waals surface area contributed by atoms with Crippen molar-refractivity contribution in [1.29, 1.82) is 0 Å². The molecule has 1 atom stereocenters. The van der Waals surface area contributed by atoms with Crippen LogP contribution in [-0.4, -0.2) is 19.0 Å². The van der Waals surface area contributed by atoms with Crippen molar-refractivity contribution in [2.45, 2.75) is 33.6 Å². The summed E-state index contributed by atoms with van der Waals surface area (Å²) in [6.45, 7) is 7.48. The van der Waals surface area contributed by atoms with Gasteiger partial charge in [0.05, 0.1) is 0 Å². The number of nitrogens with two attached hydrogens (primary N) is 1. The normalized spacial score (nSPS) is 12.2. The van der Waals surface area contributed by atoms with Crippen molar-refractivity contribution in [3.05, 3.63) is 34.9 Å². The lowest BCUT2D eigenvalue weighted by Crippen LogP contribution is -2.30. The van der Waals surface area contributed by atoms with Crippen LogP contribution < -0.4 is 11.1 Å². The molecule has 1 amide bonds. The molecule has 1 unspecified atom stereocenters. The monoisotopic (exact) mass is 248 g/mol. The van der Waals surface area contributed by atoms with Crippen LogP contribution in [0.25, 0.3) is 0 Å². The predicted molar refractivity (Wildman–Crippen MR) is 75.7 cm³/mol. The fourth-order valence-electron chi connectivity index (χ4n) is 2.00. The highest BCUT2D eigenvalue weighted by Crippen LogP contribution is 2.11. The van der Waals surface area contributed by atoms with Gasteiger partial charge < -0.3 is 11.1 Å². The minimum Gasteiger partial charge on any atom is -0.352 e. The average Bonchev–Trinajstić information content (AvgIpc) is 2.37. The molecule has 1 rings (SSSR count). The second-order valence-electron chi connectivity index (χ2n) is 4.88. The largest absolute Gasteiger partial charge is 0.352 e. The number of benzene rings is 1. The fourth-order valence-corrected chi connectivity index (χ4v) is 2.00. The molecule has 0 bridgehead atoms. The van der Waals surface area contributed by atoms with Crippen molar-refractivity contribution in [1.82, 2.24) is 5.32 Å². The van der Waals surface area contributed by atoms with Gasteiger partial charge >= 0.3 is 0 Å². The SMILES string of the molecule is CCC(CCN)CNC(=O)c1cc(C)ccc1C. The van der Waals surface area contributed by atoms with Crippen molar-refractivity contribution in [3.8, 4) is 0 Å². The Labute approximate surface area is 110 Å². The molecule has 0 saturated heterocycles. The Morgan fingerprint density at radius 3 is 2.72 bits per heavy atom. The lowest BCUT2D eigenvalue weighted by atomic mass is 10.0. The molecule has 18 heavy (non-hydrogen) atoms. The maximum Gasteiger partial charge on any atom is 0.251 e. The zero-order chi connectivity index (χ0) is 13.5. The lowest BCUT2D eigenvalue weighted by Gasteiger charge is -2.15. The molecule has 0 radical (unpaired) electrons. The van der Waals surface area contributed by atoms with Crippen LogP contribution in [0.15, 0.2) is 18.2 Å². The fraction of sp³-hybridized carbons (Fsp3) is 0.533. The summed E-state index contributed by atoms with van der Waals surface area (Å²) in [7, 11) is 0. The Balaban J connectivity index is 2.62. The maximum atomic E-state index is 12.1. The highest BCUT2D eigenvalue weighted by molar-refractivity contribution is 5.95. The number of hydrogen-bond donors (Lipinski definition) is 2. The Morgan fingerprint density at radius 1 is 1.39 bits per heavy atom. The minimum absolute atomic E-state index is 0.0201. The van der Waals surface area contributed by atoms with E-state index in [1.807, 2.05) is 32.0 Å². The first-order valence-corrected chi connectivity index (χ1v) is 6.64. The van der Waals surface area contributed by atoms with Gasteiger partial charge in [0, 0.05) is 12.1 Å². The van der Waals surface area contributed by atoms with Gasteiger partial charge in [0.25, 0.3) is 5.91 Å². The van der Waals surface area contributed by atoms with Crippen LogP contribution in [0, 0.1) is 19.8 Å². The number of hydrogen-bond acceptors (Lipinski definition) is 2. The highest BCUT2D eigenvalue weighted by atomic mass is 16.1.